The first-order valence-corrected chi connectivity index (χ1v) is 13.4. The zero-order chi connectivity index (χ0) is 26.9. The molecule has 38 heavy (non-hydrogen) atoms. The van der Waals surface area contributed by atoms with Gasteiger partial charge >= 0.3 is 11.9 Å². The molecule has 0 unspecified atom stereocenters. The number of rotatable bonds is 5. The van der Waals surface area contributed by atoms with Crippen LogP contribution >= 0.6 is 12.4 Å². The Hall–Kier alpha value is -2.59. The van der Waals surface area contributed by atoms with E-state index in [4.69, 9.17) is 14.9 Å². The van der Waals surface area contributed by atoms with Crippen LogP contribution in [0.5, 0.6) is 0 Å². The van der Waals surface area contributed by atoms with E-state index in [0.29, 0.717) is 44.5 Å². The molecule has 1 aliphatic heterocycles. The van der Waals surface area contributed by atoms with Crippen LogP contribution < -0.4 is 11.1 Å². The molecule has 1 aromatic heterocycles. The lowest BCUT2D eigenvalue weighted by Gasteiger charge is -2.37. The number of hydrogen-bond donors (Lipinski definition) is 2. The third-order valence-electron chi connectivity index (χ3n) is 7.87. The van der Waals surface area contributed by atoms with Crippen LogP contribution in [-0.2, 0) is 23.9 Å². The molecule has 0 atom stereocenters. The van der Waals surface area contributed by atoms with Gasteiger partial charge in [0.15, 0.2) is 5.76 Å². The number of amides is 2. The van der Waals surface area contributed by atoms with Gasteiger partial charge in [-0.15, -0.1) is 12.4 Å². The van der Waals surface area contributed by atoms with Crippen LogP contribution in [0.25, 0.3) is 0 Å². The van der Waals surface area contributed by atoms with Crippen LogP contribution in [0.1, 0.15) is 87.6 Å². The first-order chi connectivity index (χ1) is 17.7. The van der Waals surface area contributed by atoms with Gasteiger partial charge in [0, 0.05) is 19.0 Å². The van der Waals surface area contributed by atoms with E-state index in [1.54, 1.807) is 17.0 Å². The summed E-state index contributed by atoms with van der Waals surface area (Å²) in [4.78, 5) is 50.2. The van der Waals surface area contributed by atoms with Crippen molar-refractivity contribution in [1.82, 2.24) is 10.2 Å². The van der Waals surface area contributed by atoms with E-state index in [9.17, 15) is 19.2 Å². The molecule has 214 valence electrons. The summed E-state index contributed by atoms with van der Waals surface area (Å²) in [7, 11) is 2.76. The molecule has 3 fully saturated rings. The van der Waals surface area contributed by atoms with Crippen LogP contribution in [0.3, 0.4) is 0 Å². The number of esters is 2. The molecule has 2 aliphatic carbocycles. The number of nitrogens with two attached hydrogens (primary N) is 1. The van der Waals surface area contributed by atoms with Gasteiger partial charge in [-0.25, -0.2) is 4.79 Å². The predicted octanol–water partition coefficient (Wildman–Crippen LogP) is 3.37. The minimum absolute atomic E-state index is 0. The highest BCUT2D eigenvalue weighted by Gasteiger charge is 2.43. The molecule has 2 heterocycles. The third-order valence-corrected chi connectivity index (χ3v) is 7.87. The Morgan fingerprint density at radius 3 is 1.97 bits per heavy atom. The first-order valence-electron chi connectivity index (χ1n) is 13.4. The lowest BCUT2D eigenvalue weighted by molar-refractivity contribution is -0.153. The van der Waals surface area contributed by atoms with Crippen molar-refractivity contribution in [3.8, 4) is 0 Å². The number of carbonyl (C=O) groups excluding carboxylic acids is 4. The van der Waals surface area contributed by atoms with Crippen LogP contribution in [0.2, 0.25) is 0 Å². The summed E-state index contributed by atoms with van der Waals surface area (Å²) >= 11 is 0. The Kier molecular flexibility index (Phi) is 12.1. The summed E-state index contributed by atoms with van der Waals surface area (Å²) in [5.41, 5.74) is 4.28. The summed E-state index contributed by atoms with van der Waals surface area (Å²) in [6, 6.07) is 3.33. The molecule has 4 rings (SSSR count). The highest BCUT2D eigenvalue weighted by Crippen LogP contribution is 2.31. The molecule has 0 aromatic carbocycles. The molecular formula is C27H42ClN3O7. The quantitative estimate of drug-likeness (QED) is 0.527. The van der Waals surface area contributed by atoms with Gasteiger partial charge in [0.2, 0.25) is 5.91 Å². The van der Waals surface area contributed by atoms with Gasteiger partial charge in [-0.1, -0.05) is 38.5 Å². The molecule has 1 saturated heterocycles. The van der Waals surface area contributed by atoms with Crippen molar-refractivity contribution in [2.24, 2.45) is 11.7 Å². The van der Waals surface area contributed by atoms with E-state index in [2.05, 4.69) is 10.1 Å². The van der Waals surface area contributed by atoms with Gasteiger partial charge < -0.3 is 29.8 Å². The molecule has 0 bridgehead atoms. The molecule has 10 nitrogen and oxygen atoms in total. The van der Waals surface area contributed by atoms with Gasteiger partial charge in [0.05, 0.1) is 20.5 Å². The van der Waals surface area contributed by atoms with Crippen molar-refractivity contribution < 1.29 is 33.1 Å². The number of piperidine rings is 1. The Morgan fingerprint density at radius 2 is 1.47 bits per heavy atom. The van der Waals surface area contributed by atoms with Crippen molar-refractivity contribution >= 4 is 36.2 Å². The maximum Gasteiger partial charge on any atom is 0.331 e. The zero-order valence-corrected chi connectivity index (χ0v) is 23.3. The number of furan rings is 1. The predicted molar refractivity (Wildman–Crippen MR) is 143 cm³/mol. The van der Waals surface area contributed by atoms with Crippen molar-refractivity contribution in [3.05, 3.63) is 24.2 Å². The van der Waals surface area contributed by atoms with Crippen molar-refractivity contribution in [2.45, 2.75) is 88.1 Å². The number of carbonyl (C=O) groups is 4. The second-order valence-corrected chi connectivity index (χ2v) is 10.4. The van der Waals surface area contributed by atoms with Crippen LogP contribution in [-0.4, -0.2) is 67.0 Å². The summed E-state index contributed by atoms with van der Waals surface area (Å²) < 4.78 is 14.7. The largest absolute Gasteiger partial charge is 0.468 e. The fraction of sp³-hybridized carbons (Fsp3) is 0.704. The Balaban J connectivity index is 0.000000356. The fourth-order valence-electron chi connectivity index (χ4n) is 5.56. The lowest BCUT2D eigenvalue weighted by atomic mass is 9.81. The Bertz CT molecular complexity index is 917. The average molecular weight is 556 g/mol. The van der Waals surface area contributed by atoms with Crippen LogP contribution in [0.4, 0.5) is 0 Å². The molecule has 0 spiro atoms. The zero-order valence-electron chi connectivity index (χ0n) is 22.5. The number of hydrogen-bond acceptors (Lipinski definition) is 8. The smallest absolute Gasteiger partial charge is 0.331 e. The van der Waals surface area contributed by atoms with Gasteiger partial charge in [-0.05, 0) is 50.7 Å². The van der Waals surface area contributed by atoms with Crippen molar-refractivity contribution in [2.75, 3.05) is 27.3 Å². The van der Waals surface area contributed by atoms with Crippen molar-refractivity contribution in [1.29, 1.82) is 0 Å². The van der Waals surface area contributed by atoms with E-state index < -0.39 is 11.1 Å². The average Bonchev–Trinajstić information content (AvgIpc) is 3.48. The molecule has 3 N–H and O–H groups in total. The summed E-state index contributed by atoms with van der Waals surface area (Å²) in [6.07, 6.45) is 11.6. The summed E-state index contributed by atoms with van der Waals surface area (Å²) in [5.74, 6) is -0.735. The lowest BCUT2D eigenvalue weighted by Crippen LogP contribution is -2.58. The molecule has 3 aliphatic rings. The first kappa shape index (κ1) is 31.6. The Morgan fingerprint density at radius 1 is 0.921 bits per heavy atom. The van der Waals surface area contributed by atoms with Crippen molar-refractivity contribution in [3.63, 3.8) is 0 Å². The minimum Gasteiger partial charge on any atom is -0.468 e. The van der Waals surface area contributed by atoms with E-state index in [1.165, 1.54) is 26.9 Å². The highest BCUT2D eigenvalue weighted by atomic mass is 35.5. The number of nitrogens with one attached hydrogen (secondary N) is 1. The summed E-state index contributed by atoms with van der Waals surface area (Å²) in [6.45, 7) is 1.01. The second-order valence-electron chi connectivity index (χ2n) is 10.4. The molecule has 2 amide bonds. The van der Waals surface area contributed by atoms with Crippen LogP contribution in [0, 0.1) is 5.92 Å². The van der Waals surface area contributed by atoms with E-state index in [0.717, 1.165) is 44.9 Å². The highest BCUT2D eigenvalue weighted by molar-refractivity contribution is 5.92. The number of methoxy groups -OCH3 is 2. The normalized spacial score (nSPS) is 20.6. The number of halogens is 1. The van der Waals surface area contributed by atoms with E-state index >= 15 is 0 Å². The van der Waals surface area contributed by atoms with E-state index in [-0.39, 0.29) is 42.1 Å². The summed E-state index contributed by atoms with van der Waals surface area (Å²) in [5, 5.41) is 2.99. The molecule has 2 saturated carbocycles. The molecular weight excluding hydrogens is 514 g/mol. The second kappa shape index (κ2) is 14.5. The molecule has 0 radical (unpaired) electrons. The standard InChI is InChI=1S/C19H26N2O5.C8H15NO2.ClH/c1-25-18(24)19(9-3-2-4-10-19)20-16(22)14-7-11-21(12-8-14)17(23)15-6-5-13-26-15;1-11-7(10)8(9)5-3-2-4-6-8;/h5-6,13-14H,2-4,7-12H2,1H3,(H,20,22);2-6,9H2,1H3;1H. The topological polar surface area (TPSA) is 141 Å². The third kappa shape index (κ3) is 7.72. The maximum atomic E-state index is 12.8. The van der Waals surface area contributed by atoms with Gasteiger partial charge in [0.1, 0.15) is 11.1 Å². The number of nitrogens with zero attached hydrogens (tertiary/aromatic N) is 1. The minimum atomic E-state index is -0.884. The van der Waals surface area contributed by atoms with E-state index in [1.807, 2.05) is 0 Å². The van der Waals surface area contributed by atoms with Gasteiger partial charge in [-0.2, -0.15) is 0 Å². The monoisotopic (exact) mass is 555 g/mol. The fourth-order valence-corrected chi connectivity index (χ4v) is 5.56. The number of likely N-dealkylation sites (tertiary alicyclic amines) is 1. The molecule has 11 heteroatoms. The molecule has 1 aromatic rings. The van der Waals surface area contributed by atoms with Crippen LogP contribution in [0.15, 0.2) is 22.8 Å². The van der Waals surface area contributed by atoms with Gasteiger partial charge in [-0.3, -0.25) is 14.4 Å². The SMILES string of the molecule is COC(=O)C1(N)CCCCC1.COC(=O)C1(NC(=O)C2CCN(C(=O)c3ccco3)CC2)CCCCC1.Cl. The number of ether oxygens (including phenoxy) is 2. The van der Waals surface area contributed by atoms with Gasteiger partial charge in [0.25, 0.3) is 5.91 Å². The Labute approximate surface area is 230 Å². The maximum absolute atomic E-state index is 12.8.